The van der Waals surface area contributed by atoms with Crippen LogP contribution in [0.5, 0.6) is 17.4 Å². The van der Waals surface area contributed by atoms with Gasteiger partial charge in [-0.2, -0.15) is 0 Å². The summed E-state index contributed by atoms with van der Waals surface area (Å²) in [4.78, 5) is 12.1. The Morgan fingerprint density at radius 3 is 3.04 bits per heavy atom. The zero-order chi connectivity index (χ0) is 17.1. The predicted octanol–water partition coefficient (Wildman–Crippen LogP) is 1.01. The van der Waals surface area contributed by atoms with Gasteiger partial charge in [-0.05, 0) is 24.1 Å². The van der Waals surface area contributed by atoms with Crippen LogP contribution in [0.2, 0.25) is 0 Å². The van der Waals surface area contributed by atoms with Gasteiger partial charge < -0.3 is 24.6 Å². The van der Waals surface area contributed by atoms with Gasteiger partial charge in [0.2, 0.25) is 12.7 Å². The number of aliphatic hydroxyl groups excluding tert-OH is 1. The van der Waals surface area contributed by atoms with Crippen molar-refractivity contribution in [3.8, 4) is 17.4 Å². The first-order chi connectivity index (χ1) is 11.6. The van der Waals surface area contributed by atoms with Crippen LogP contribution in [0.1, 0.15) is 28.4 Å². The van der Waals surface area contributed by atoms with E-state index in [0.29, 0.717) is 35.6 Å². The second-order valence-corrected chi connectivity index (χ2v) is 5.40. The molecular formula is C16H19N3O5. The molecule has 1 aromatic carbocycles. The summed E-state index contributed by atoms with van der Waals surface area (Å²) in [5.74, 6) is 1.27. The number of aliphatic hydroxyl groups is 1. The minimum atomic E-state index is -0.712. The average molecular weight is 333 g/mol. The van der Waals surface area contributed by atoms with Gasteiger partial charge in [0.15, 0.2) is 11.5 Å². The smallest absolute Gasteiger partial charge is 0.258 e. The monoisotopic (exact) mass is 333 g/mol. The summed E-state index contributed by atoms with van der Waals surface area (Å²) in [6.45, 7) is 0.504. The number of hydrogen-bond acceptors (Lipinski definition) is 6. The largest absolute Gasteiger partial charge is 0.479 e. The maximum atomic E-state index is 12.1. The van der Waals surface area contributed by atoms with Crippen LogP contribution in [0.25, 0.3) is 0 Å². The fourth-order valence-electron chi connectivity index (χ4n) is 2.48. The number of rotatable bonds is 6. The summed E-state index contributed by atoms with van der Waals surface area (Å²) in [7, 11) is 3.17. The van der Waals surface area contributed by atoms with Crippen molar-refractivity contribution in [1.29, 1.82) is 0 Å². The van der Waals surface area contributed by atoms with Crippen molar-refractivity contribution in [2.24, 2.45) is 7.05 Å². The van der Waals surface area contributed by atoms with Crippen LogP contribution in [-0.2, 0) is 7.05 Å². The molecule has 8 nitrogen and oxygen atoms in total. The van der Waals surface area contributed by atoms with Gasteiger partial charge >= 0.3 is 0 Å². The number of aryl methyl sites for hydroxylation is 1. The van der Waals surface area contributed by atoms with E-state index in [1.54, 1.807) is 31.4 Å². The first-order valence-electron chi connectivity index (χ1n) is 7.52. The van der Waals surface area contributed by atoms with Crippen LogP contribution in [0.4, 0.5) is 0 Å². The zero-order valence-corrected chi connectivity index (χ0v) is 13.5. The van der Waals surface area contributed by atoms with E-state index in [9.17, 15) is 9.90 Å². The SMILES string of the molecule is COc1nn(C)cc1C(=O)NCC[C@@H](O)c1ccc2c(c1)OCO2. The number of fused-ring (bicyclic) bond motifs is 1. The van der Waals surface area contributed by atoms with Gasteiger partial charge in [0.1, 0.15) is 5.56 Å². The molecule has 8 heteroatoms. The first kappa shape index (κ1) is 16.1. The number of carbonyl (C=O) groups excluding carboxylic acids is 1. The van der Waals surface area contributed by atoms with Gasteiger partial charge in [-0.1, -0.05) is 6.07 Å². The molecule has 0 spiro atoms. The van der Waals surface area contributed by atoms with Gasteiger partial charge in [-0.3, -0.25) is 9.48 Å². The quantitative estimate of drug-likeness (QED) is 0.819. The molecule has 0 bridgehead atoms. The van der Waals surface area contributed by atoms with Crippen LogP contribution >= 0.6 is 0 Å². The molecular weight excluding hydrogens is 314 g/mol. The van der Waals surface area contributed by atoms with Crippen molar-refractivity contribution in [1.82, 2.24) is 15.1 Å². The van der Waals surface area contributed by atoms with Crippen molar-refractivity contribution in [3.05, 3.63) is 35.5 Å². The van der Waals surface area contributed by atoms with E-state index in [1.807, 2.05) is 0 Å². The van der Waals surface area contributed by atoms with Crippen molar-refractivity contribution < 1.29 is 24.1 Å². The molecule has 0 radical (unpaired) electrons. The second-order valence-electron chi connectivity index (χ2n) is 5.40. The van der Waals surface area contributed by atoms with Gasteiger partial charge in [0.05, 0.1) is 13.2 Å². The lowest BCUT2D eigenvalue weighted by Gasteiger charge is -2.12. The van der Waals surface area contributed by atoms with Crippen molar-refractivity contribution in [2.45, 2.75) is 12.5 Å². The second kappa shape index (κ2) is 6.79. The summed E-state index contributed by atoms with van der Waals surface area (Å²) in [5, 5.41) is 17.0. The lowest BCUT2D eigenvalue weighted by molar-refractivity contribution is 0.0939. The number of amides is 1. The van der Waals surface area contributed by atoms with E-state index in [0.717, 1.165) is 0 Å². The molecule has 1 aliphatic heterocycles. The maximum Gasteiger partial charge on any atom is 0.258 e. The van der Waals surface area contributed by atoms with E-state index < -0.39 is 6.10 Å². The summed E-state index contributed by atoms with van der Waals surface area (Å²) >= 11 is 0. The van der Waals surface area contributed by atoms with Crippen LogP contribution < -0.4 is 19.5 Å². The summed E-state index contributed by atoms with van der Waals surface area (Å²) in [5.41, 5.74) is 1.07. The van der Waals surface area contributed by atoms with E-state index in [4.69, 9.17) is 14.2 Å². The summed E-state index contributed by atoms with van der Waals surface area (Å²) in [6.07, 6.45) is 1.24. The Morgan fingerprint density at radius 2 is 2.25 bits per heavy atom. The van der Waals surface area contributed by atoms with Crippen molar-refractivity contribution in [3.63, 3.8) is 0 Å². The highest BCUT2D eigenvalue weighted by atomic mass is 16.7. The number of methoxy groups -OCH3 is 1. The molecule has 24 heavy (non-hydrogen) atoms. The lowest BCUT2D eigenvalue weighted by atomic mass is 10.1. The fraction of sp³-hybridized carbons (Fsp3) is 0.375. The van der Waals surface area contributed by atoms with Crippen LogP contribution in [0.3, 0.4) is 0 Å². The minimum Gasteiger partial charge on any atom is -0.479 e. The number of carbonyl (C=O) groups is 1. The van der Waals surface area contributed by atoms with Crippen molar-refractivity contribution in [2.75, 3.05) is 20.4 Å². The fourth-order valence-corrected chi connectivity index (χ4v) is 2.48. The lowest BCUT2D eigenvalue weighted by Crippen LogP contribution is -2.25. The molecule has 0 aliphatic carbocycles. The molecule has 1 aliphatic rings. The van der Waals surface area contributed by atoms with E-state index in [2.05, 4.69) is 10.4 Å². The topological polar surface area (TPSA) is 94.8 Å². The standard InChI is InChI=1S/C16H19N3O5/c1-19-8-11(16(18-19)22-2)15(21)17-6-5-12(20)10-3-4-13-14(7-10)24-9-23-13/h3-4,7-8,12,20H,5-6,9H2,1-2H3,(H,17,21)/t12-/m1/s1. The zero-order valence-electron chi connectivity index (χ0n) is 13.5. The van der Waals surface area contributed by atoms with Crippen molar-refractivity contribution >= 4 is 5.91 Å². The van der Waals surface area contributed by atoms with Gasteiger partial charge in [0.25, 0.3) is 5.91 Å². The number of nitrogens with zero attached hydrogens (tertiary/aromatic N) is 2. The Labute approximate surface area is 138 Å². The normalized spacial score (nSPS) is 13.6. The van der Waals surface area contributed by atoms with Gasteiger partial charge in [-0.25, -0.2) is 0 Å². The molecule has 0 saturated carbocycles. The summed E-state index contributed by atoms with van der Waals surface area (Å²) < 4.78 is 17.1. The Bertz CT molecular complexity index is 743. The predicted molar refractivity (Wildman–Crippen MR) is 84.2 cm³/mol. The summed E-state index contributed by atoms with van der Waals surface area (Å²) in [6, 6.07) is 5.29. The number of benzene rings is 1. The molecule has 0 fully saturated rings. The molecule has 2 aromatic rings. The van der Waals surface area contributed by atoms with E-state index >= 15 is 0 Å². The average Bonchev–Trinajstić information content (AvgIpc) is 3.19. The third kappa shape index (κ3) is 3.28. The molecule has 1 atom stereocenters. The maximum absolute atomic E-state index is 12.1. The number of hydrogen-bond donors (Lipinski definition) is 2. The van der Waals surface area contributed by atoms with Gasteiger partial charge in [0, 0.05) is 19.8 Å². The Kier molecular flexibility index (Phi) is 4.57. The molecule has 2 heterocycles. The van der Waals surface area contributed by atoms with Gasteiger partial charge in [-0.15, -0.1) is 5.10 Å². The Morgan fingerprint density at radius 1 is 1.46 bits per heavy atom. The Balaban J connectivity index is 1.55. The third-order valence-corrected chi connectivity index (χ3v) is 3.72. The van der Waals surface area contributed by atoms with Crippen LogP contribution in [0, 0.1) is 0 Å². The molecule has 1 aromatic heterocycles. The highest BCUT2D eigenvalue weighted by Gasteiger charge is 2.18. The van der Waals surface area contributed by atoms with Crippen LogP contribution in [-0.4, -0.2) is 41.2 Å². The molecule has 3 rings (SSSR count). The molecule has 1 amide bonds. The third-order valence-electron chi connectivity index (χ3n) is 3.72. The molecule has 0 unspecified atom stereocenters. The number of aromatic nitrogens is 2. The molecule has 2 N–H and O–H groups in total. The van der Waals surface area contributed by atoms with E-state index in [1.165, 1.54) is 11.8 Å². The molecule has 0 saturated heterocycles. The first-order valence-corrected chi connectivity index (χ1v) is 7.52. The van der Waals surface area contributed by atoms with E-state index in [-0.39, 0.29) is 18.6 Å². The Hall–Kier alpha value is -2.74. The van der Waals surface area contributed by atoms with Crippen LogP contribution in [0.15, 0.2) is 24.4 Å². The number of ether oxygens (including phenoxy) is 3. The molecule has 128 valence electrons. The highest BCUT2D eigenvalue weighted by Crippen LogP contribution is 2.34. The number of nitrogens with one attached hydrogen (secondary N) is 1. The minimum absolute atomic E-state index is 0.192. The highest BCUT2D eigenvalue weighted by molar-refractivity contribution is 5.96.